The smallest absolute Gasteiger partial charge is 0.244 e. The van der Waals surface area contributed by atoms with Crippen molar-refractivity contribution in [2.45, 2.75) is 11.8 Å². The van der Waals surface area contributed by atoms with E-state index in [2.05, 4.69) is 0 Å². The molecule has 1 saturated heterocycles. The van der Waals surface area contributed by atoms with E-state index in [4.69, 9.17) is 5.26 Å². The Balaban J connectivity index is 2.43. The Morgan fingerprint density at radius 1 is 1.25 bits per heavy atom. The normalized spacial score (nSPS) is 16.6. The Kier molecular flexibility index (Phi) is 3.57. The molecule has 1 aliphatic heterocycles. The molecular formula is C12H11N3O4S. The van der Waals surface area contributed by atoms with Gasteiger partial charge in [-0.25, -0.2) is 8.42 Å². The first kappa shape index (κ1) is 14.2. The molecule has 1 aromatic rings. The SMILES string of the molecule is Cc1cc(C#N)ccc1S(=O)(=O)N1CC(=O)NC(=O)C1. The summed E-state index contributed by atoms with van der Waals surface area (Å²) >= 11 is 0. The predicted molar refractivity (Wildman–Crippen MR) is 67.8 cm³/mol. The third-order valence-corrected chi connectivity index (χ3v) is 4.79. The minimum Gasteiger partial charge on any atom is -0.294 e. The maximum Gasteiger partial charge on any atom is 0.244 e. The summed E-state index contributed by atoms with van der Waals surface area (Å²) in [4.78, 5) is 22.5. The molecule has 7 nitrogen and oxygen atoms in total. The molecule has 1 aromatic carbocycles. The van der Waals surface area contributed by atoms with E-state index in [9.17, 15) is 18.0 Å². The minimum absolute atomic E-state index is 0.0148. The molecule has 0 saturated carbocycles. The van der Waals surface area contributed by atoms with Crippen molar-refractivity contribution < 1.29 is 18.0 Å². The highest BCUT2D eigenvalue weighted by Gasteiger charge is 2.33. The number of hydrogen-bond acceptors (Lipinski definition) is 5. The van der Waals surface area contributed by atoms with Crippen LogP contribution in [0.4, 0.5) is 0 Å². The van der Waals surface area contributed by atoms with Crippen LogP contribution in [0.3, 0.4) is 0 Å². The number of carbonyl (C=O) groups is 2. The number of sulfonamides is 1. The van der Waals surface area contributed by atoms with Crippen LogP contribution in [0.5, 0.6) is 0 Å². The minimum atomic E-state index is -3.94. The number of benzene rings is 1. The molecule has 104 valence electrons. The highest BCUT2D eigenvalue weighted by Crippen LogP contribution is 2.21. The molecule has 1 fully saturated rings. The van der Waals surface area contributed by atoms with Gasteiger partial charge in [-0.05, 0) is 30.7 Å². The highest BCUT2D eigenvalue weighted by molar-refractivity contribution is 7.89. The second kappa shape index (κ2) is 5.03. The fourth-order valence-corrected chi connectivity index (χ4v) is 3.49. The summed E-state index contributed by atoms with van der Waals surface area (Å²) in [6.45, 7) is 0.764. The van der Waals surface area contributed by atoms with Gasteiger partial charge in [0.2, 0.25) is 21.8 Å². The first-order valence-electron chi connectivity index (χ1n) is 5.68. The molecule has 1 aliphatic rings. The molecule has 8 heteroatoms. The van der Waals surface area contributed by atoms with Crippen molar-refractivity contribution in [2.24, 2.45) is 0 Å². The van der Waals surface area contributed by atoms with E-state index >= 15 is 0 Å². The quantitative estimate of drug-likeness (QED) is 0.741. The number of aryl methyl sites for hydroxylation is 1. The molecule has 0 atom stereocenters. The maximum atomic E-state index is 12.4. The van der Waals surface area contributed by atoms with Crippen LogP contribution < -0.4 is 5.32 Å². The lowest BCUT2D eigenvalue weighted by molar-refractivity contribution is -0.134. The number of nitrogens with zero attached hydrogens (tertiary/aromatic N) is 2. The molecule has 0 radical (unpaired) electrons. The summed E-state index contributed by atoms with van der Waals surface area (Å²) in [7, 11) is -3.94. The molecule has 0 aliphatic carbocycles. The zero-order valence-corrected chi connectivity index (χ0v) is 11.4. The first-order chi connectivity index (χ1) is 9.34. The summed E-state index contributed by atoms with van der Waals surface area (Å²) in [5.74, 6) is -1.31. The average molecular weight is 293 g/mol. The number of imide groups is 1. The zero-order valence-electron chi connectivity index (χ0n) is 10.6. The first-order valence-corrected chi connectivity index (χ1v) is 7.12. The fourth-order valence-electron chi connectivity index (χ4n) is 1.93. The zero-order chi connectivity index (χ0) is 14.9. The molecule has 0 bridgehead atoms. The van der Waals surface area contributed by atoms with Crippen LogP contribution >= 0.6 is 0 Å². The second-order valence-electron chi connectivity index (χ2n) is 4.34. The van der Waals surface area contributed by atoms with E-state index in [-0.39, 0.29) is 4.90 Å². The van der Waals surface area contributed by atoms with Crippen LogP contribution in [-0.2, 0) is 19.6 Å². The summed E-state index contributed by atoms with van der Waals surface area (Å²) < 4.78 is 25.6. The lowest BCUT2D eigenvalue weighted by Gasteiger charge is -2.25. The van der Waals surface area contributed by atoms with E-state index in [1.54, 1.807) is 6.92 Å². The van der Waals surface area contributed by atoms with Gasteiger partial charge in [0.15, 0.2) is 0 Å². The van der Waals surface area contributed by atoms with Crippen LogP contribution in [0.1, 0.15) is 11.1 Å². The van der Waals surface area contributed by atoms with E-state index in [1.807, 2.05) is 11.4 Å². The summed E-state index contributed by atoms with van der Waals surface area (Å²) in [6.07, 6.45) is 0. The van der Waals surface area contributed by atoms with Gasteiger partial charge in [-0.15, -0.1) is 0 Å². The van der Waals surface area contributed by atoms with Gasteiger partial charge in [-0.2, -0.15) is 9.57 Å². The Morgan fingerprint density at radius 3 is 2.35 bits per heavy atom. The molecule has 0 unspecified atom stereocenters. The third-order valence-electron chi connectivity index (χ3n) is 2.84. The number of hydrogen-bond donors (Lipinski definition) is 1. The number of amides is 2. The average Bonchev–Trinajstić information content (AvgIpc) is 2.37. The van der Waals surface area contributed by atoms with E-state index < -0.39 is 34.9 Å². The molecule has 2 amide bonds. The van der Waals surface area contributed by atoms with Crippen molar-refractivity contribution in [3.63, 3.8) is 0 Å². The van der Waals surface area contributed by atoms with Crippen LogP contribution in [-0.4, -0.2) is 37.6 Å². The van der Waals surface area contributed by atoms with Crippen molar-refractivity contribution in [2.75, 3.05) is 13.1 Å². The van der Waals surface area contributed by atoms with Gasteiger partial charge in [-0.3, -0.25) is 14.9 Å². The molecule has 1 heterocycles. The molecule has 2 rings (SSSR count). The fraction of sp³-hybridized carbons (Fsp3) is 0.250. The van der Waals surface area contributed by atoms with Crippen molar-refractivity contribution in [1.82, 2.24) is 9.62 Å². The Hall–Kier alpha value is -2.24. The number of piperazine rings is 1. The van der Waals surface area contributed by atoms with Gasteiger partial charge in [0.1, 0.15) is 0 Å². The Labute approximate surface area is 115 Å². The molecule has 1 N–H and O–H groups in total. The molecule has 20 heavy (non-hydrogen) atoms. The Morgan fingerprint density at radius 2 is 1.85 bits per heavy atom. The van der Waals surface area contributed by atoms with Crippen molar-refractivity contribution in [3.05, 3.63) is 29.3 Å². The number of carbonyl (C=O) groups excluding carboxylic acids is 2. The van der Waals surface area contributed by atoms with Gasteiger partial charge in [0, 0.05) is 0 Å². The van der Waals surface area contributed by atoms with Gasteiger partial charge in [0.25, 0.3) is 0 Å². The Bertz CT molecular complexity index is 718. The van der Waals surface area contributed by atoms with Gasteiger partial charge in [0.05, 0.1) is 29.6 Å². The van der Waals surface area contributed by atoms with E-state index in [0.29, 0.717) is 11.1 Å². The van der Waals surface area contributed by atoms with Gasteiger partial charge < -0.3 is 0 Å². The second-order valence-corrected chi connectivity index (χ2v) is 6.24. The molecule has 0 aromatic heterocycles. The lowest BCUT2D eigenvalue weighted by Crippen LogP contribution is -2.53. The van der Waals surface area contributed by atoms with Crippen LogP contribution in [0.25, 0.3) is 0 Å². The largest absolute Gasteiger partial charge is 0.294 e. The third kappa shape index (κ3) is 2.54. The molecule has 0 spiro atoms. The van der Waals surface area contributed by atoms with Gasteiger partial charge >= 0.3 is 0 Å². The van der Waals surface area contributed by atoms with Crippen LogP contribution in [0, 0.1) is 18.3 Å². The van der Waals surface area contributed by atoms with Crippen molar-refractivity contribution in [3.8, 4) is 6.07 Å². The highest BCUT2D eigenvalue weighted by atomic mass is 32.2. The van der Waals surface area contributed by atoms with Crippen LogP contribution in [0.2, 0.25) is 0 Å². The standard InChI is InChI=1S/C12H11N3O4S/c1-8-4-9(5-13)2-3-10(8)20(18,19)15-6-11(16)14-12(17)7-15/h2-4H,6-7H2,1H3,(H,14,16,17). The predicted octanol–water partition coefficient (Wildman–Crippen LogP) is -0.486. The van der Waals surface area contributed by atoms with Crippen molar-refractivity contribution >= 4 is 21.8 Å². The van der Waals surface area contributed by atoms with Crippen molar-refractivity contribution in [1.29, 1.82) is 5.26 Å². The molecular weight excluding hydrogens is 282 g/mol. The van der Waals surface area contributed by atoms with E-state index in [0.717, 1.165) is 4.31 Å². The van der Waals surface area contributed by atoms with Crippen LogP contribution in [0.15, 0.2) is 23.1 Å². The number of nitriles is 1. The van der Waals surface area contributed by atoms with E-state index in [1.165, 1.54) is 18.2 Å². The van der Waals surface area contributed by atoms with Gasteiger partial charge in [-0.1, -0.05) is 0 Å². The maximum absolute atomic E-state index is 12.4. The number of nitrogens with one attached hydrogen (secondary N) is 1. The lowest BCUT2D eigenvalue weighted by atomic mass is 10.2. The number of rotatable bonds is 2. The monoisotopic (exact) mass is 293 g/mol. The summed E-state index contributed by atoms with van der Waals surface area (Å²) in [6, 6.07) is 6.04. The topological polar surface area (TPSA) is 107 Å². The summed E-state index contributed by atoms with van der Waals surface area (Å²) in [5, 5.41) is 10.8. The summed E-state index contributed by atoms with van der Waals surface area (Å²) in [5.41, 5.74) is 0.733.